The van der Waals surface area contributed by atoms with Crippen LogP contribution in [-0.2, 0) is 6.61 Å². The molecule has 30 heavy (non-hydrogen) atoms. The zero-order valence-electron chi connectivity index (χ0n) is 17.9. The van der Waals surface area contributed by atoms with E-state index < -0.39 is 0 Å². The predicted octanol–water partition coefficient (Wildman–Crippen LogP) is 5.48. The van der Waals surface area contributed by atoms with Crippen LogP contribution in [0.5, 0.6) is 5.75 Å². The van der Waals surface area contributed by atoms with Crippen LogP contribution in [-0.4, -0.2) is 18.1 Å². The number of furan rings is 1. The summed E-state index contributed by atoms with van der Waals surface area (Å²) in [7, 11) is 0. The van der Waals surface area contributed by atoms with Crippen molar-refractivity contribution in [3.05, 3.63) is 52.9 Å². The summed E-state index contributed by atoms with van der Waals surface area (Å²) in [6.07, 6.45) is 1.18. The van der Waals surface area contributed by atoms with Gasteiger partial charge in [-0.25, -0.2) is 0 Å². The Kier molecular flexibility index (Phi) is 5.54. The molecule has 1 aromatic carbocycles. The molecule has 156 valence electrons. The molecule has 3 heterocycles. The van der Waals surface area contributed by atoms with Crippen LogP contribution < -0.4 is 9.64 Å². The highest BCUT2D eigenvalue weighted by molar-refractivity contribution is 5.56. The van der Waals surface area contributed by atoms with Crippen molar-refractivity contribution < 1.29 is 13.6 Å². The van der Waals surface area contributed by atoms with Gasteiger partial charge in [-0.1, -0.05) is 26.0 Å². The number of benzene rings is 1. The Morgan fingerprint density at radius 3 is 2.63 bits per heavy atom. The maximum Gasteiger partial charge on any atom is 0.266 e. The molecule has 0 saturated carbocycles. The quantitative estimate of drug-likeness (QED) is 0.559. The zero-order chi connectivity index (χ0) is 21.3. The van der Waals surface area contributed by atoms with Crippen molar-refractivity contribution in [2.75, 3.05) is 18.0 Å². The summed E-state index contributed by atoms with van der Waals surface area (Å²) in [5.41, 5.74) is 2.53. The molecule has 0 amide bonds. The van der Waals surface area contributed by atoms with Crippen LogP contribution in [0.3, 0.4) is 0 Å². The van der Waals surface area contributed by atoms with Gasteiger partial charge in [-0.15, -0.1) is 0 Å². The molecule has 1 fully saturated rings. The SMILES string of the molecule is Cc1ccc(C)c(OCc2ccc(-c3nc(C#N)c(N4C[C@H](C)C[C@H](C)C4)o3)o2)c1. The van der Waals surface area contributed by atoms with Gasteiger partial charge in [0.15, 0.2) is 5.76 Å². The summed E-state index contributed by atoms with van der Waals surface area (Å²) in [5.74, 6) is 3.96. The fourth-order valence-corrected chi connectivity index (χ4v) is 4.12. The molecular weight excluding hydrogens is 378 g/mol. The Morgan fingerprint density at radius 1 is 1.13 bits per heavy atom. The van der Waals surface area contributed by atoms with Crippen molar-refractivity contribution >= 4 is 5.88 Å². The molecule has 6 nitrogen and oxygen atoms in total. The second-order valence-electron chi connectivity index (χ2n) is 8.46. The number of hydrogen-bond acceptors (Lipinski definition) is 6. The zero-order valence-corrected chi connectivity index (χ0v) is 17.9. The van der Waals surface area contributed by atoms with Crippen LogP contribution in [0.25, 0.3) is 11.7 Å². The van der Waals surface area contributed by atoms with E-state index in [0.29, 0.717) is 47.4 Å². The number of rotatable bonds is 5. The standard InChI is InChI=1S/C24H27N3O3/c1-15-5-6-18(4)22(10-15)28-14-19-7-8-21(29-19)23-26-20(11-25)24(30-23)27-12-16(2)9-17(3)13-27/h5-8,10,16-17H,9,12-14H2,1-4H3/t16-,17+. The number of anilines is 1. The molecule has 1 aliphatic heterocycles. The van der Waals surface area contributed by atoms with Gasteiger partial charge in [0.1, 0.15) is 24.2 Å². The summed E-state index contributed by atoms with van der Waals surface area (Å²) in [4.78, 5) is 6.50. The largest absolute Gasteiger partial charge is 0.485 e. The molecular formula is C24H27N3O3. The average Bonchev–Trinajstić information content (AvgIpc) is 3.34. The lowest BCUT2D eigenvalue weighted by molar-refractivity contribution is 0.269. The van der Waals surface area contributed by atoms with Crippen molar-refractivity contribution in [3.63, 3.8) is 0 Å². The Labute approximate surface area is 177 Å². The van der Waals surface area contributed by atoms with Crippen LogP contribution in [0.15, 0.2) is 39.2 Å². The molecule has 4 rings (SSSR count). The molecule has 0 spiro atoms. The van der Waals surface area contributed by atoms with Crippen LogP contribution in [0.4, 0.5) is 5.88 Å². The van der Waals surface area contributed by atoms with Crippen LogP contribution >= 0.6 is 0 Å². The predicted molar refractivity (Wildman–Crippen MR) is 114 cm³/mol. The van der Waals surface area contributed by atoms with E-state index in [9.17, 15) is 5.26 Å². The number of ether oxygens (including phenoxy) is 1. The summed E-state index contributed by atoms with van der Waals surface area (Å²) < 4.78 is 17.8. The maximum absolute atomic E-state index is 9.56. The smallest absolute Gasteiger partial charge is 0.266 e. The monoisotopic (exact) mass is 405 g/mol. The lowest BCUT2D eigenvalue weighted by Gasteiger charge is -2.34. The Hall–Kier alpha value is -3.20. The van der Waals surface area contributed by atoms with Crippen molar-refractivity contribution in [1.29, 1.82) is 5.26 Å². The lowest BCUT2D eigenvalue weighted by atomic mass is 9.92. The van der Waals surface area contributed by atoms with Crippen LogP contribution in [0.1, 0.15) is 42.8 Å². The van der Waals surface area contributed by atoms with Crippen LogP contribution in [0, 0.1) is 37.0 Å². The minimum absolute atomic E-state index is 0.302. The van der Waals surface area contributed by atoms with E-state index in [-0.39, 0.29) is 0 Å². The highest BCUT2D eigenvalue weighted by atomic mass is 16.5. The van der Waals surface area contributed by atoms with E-state index in [1.165, 1.54) is 6.42 Å². The van der Waals surface area contributed by atoms with E-state index in [2.05, 4.69) is 35.9 Å². The third kappa shape index (κ3) is 4.20. The number of aromatic nitrogens is 1. The van der Waals surface area contributed by atoms with Gasteiger partial charge >= 0.3 is 0 Å². The van der Waals surface area contributed by atoms with Gasteiger partial charge in [-0.2, -0.15) is 10.2 Å². The molecule has 0 N–H and O–H groups in total. The molecule has 1 aliphatic rings. The van der Waals surface area contributed by atoms with Gasteiger partial charge in [-0.3, -0.25) is 0 Å². The number of hydrogen-bond donors (Lipinski definition) is 0. The third-order valence-corrected chi connectivity index (χ3v) is 5.46. The van der Waals surface area contributed by atoms with E-state index >= 15 is 0 Å². The van der Waals surface area contributed by atoms with Gasteiger partial charge in [0.05, 0.1) is 0 Å². The fourth-order valence-electron chi connectivity index (χ4n) is 4.12. The Morgan fingerprint density at radius 2 is 1.90 bits per heavy atom. The molecule has 1 saturated heterocycles. The molecule has 3 aromatic rings. The number of aryl methyl sites for hydroxylation is 2. The van der Waals surface area contributed by atoms with Gasteiger partial charge in [-0.05, 0) is 61.4 Å². The molecule has 0 bridgehead atoms. The first-order chi connectivity index (χ1) is 14.4. The van der Waals surface area contributed by atoms with Gasteiger partial charge in [0.2, 0.25) is 11.6 Å². The Balaban J connectivity index is 1.51. The highest BCUT2D eigenvalue weighted by Crippen LogP contribution is 2.33. The minimum Gasteiger partial charge on any atom is -0.485 e. The number of nitrogens with zero attached hydrogens (tertiary/aromatic N) is 3. The van der Waals surface area contributed by atoms with E-state index in [1.807, 2.05) is 32.0 Å². The third-order valence-electron chi connectivity index (χ3n) is 5.46. The van der Waals surface area contributed by atoms with E-state index in [4.69, 9.17) is 13.6 Å². The fraction of sp³-hybridized carbons (Fsp3) is 0.417. The van der Waals surface area contributed by atoms with Gasteiger partial charge in [0.25, 0.3) is 5.89 Å². The normalized spacial score (nSPS) is 19.0. The highest BCUT2D eigenvalue weighted by Gasteiger charge is 2.28. The molecule has 2 aromatic heterocycles. The number of piperidine rings is 1. The first-order valence-electron chi connectivity index (χ1n) is 10.4. The minimum atomic E-state index is 0.302. The molecule has 2 atom stereocenters. The van der Waals surface area contributed by atoms with Crippen molar-refractivity contribution in [3.8, 4) is 23.5 Å². The second kappa shape index (κ2) is 8.27. The second-order valence-corrected chi connectivity index (χ2v) is 8.46. The topological polar surface area (TPSA) is 75.4 Å². The summed E-state index contributed by atoms with van der Waals surface area (Å²) in [5, 5.41) is 9.56. The van der Waals surface area contributed by atoms with Crippen LogP contribution in [0.2, 0.25) is 0 Å². The molecule has 0 aliphatic carbocycles. The summed E-state index contributed by atoms with van der Waals surface area (Å²) in [6.45, 7) is 10.5. The first-order valence-corrected chi connectivity index (χ1v) is 10.4. The van der Waals surface area contributed by atoms with Gasteiger partial charge in [0, 0.05) is 13.1 Å². The van der Waals surface area contributed by atoms with Gasteiger partial charge < -0.3 is 18.5 Å². The maximum atomic E-state index is 9.56. The number of nitriles is 1. The Bertz CT molecular complexity index is 1070. The van der Waals surface area contributed by atoms with E-state index in [0.717, 1.165) is 30.0 Å². The summed E-state index contributed by atoms with van der Waals surface area (Å²) in [6, 6.07) is 11.9. The van der Waals surface area contributed by atoms with Crippen molar-refractivity contribution in [1.82, 2.24) is 4.98 Å². The number of oxazole rings is 1. The van der Waals surface area contributed by atoms with Crippen molar-refractivity contribution in [2.24, 2.45) is 11.8 Å². The van der Waals surface area contributed by atoms with E-state index in [1.54, 1.807) is 6.07 Å². The molecule has 0 unspecified atom stereocenters. The van der Waals surface area contributed by atoms with Crippen molar-refractivity contribution in [2.45, 2.75) is 40.7 Å². The first kappa shape index (κ1) is 20.1. The molecule has 0 radical (unpaired) electrons. The molecule has 6 heteroatoms. The average molecular weight is 405 g/mol. The lowest BCUT2D eigenvalue weighted by Crippen LogP contribution is -2.38. The summed E-state index contributed by atoms with van der Waals surface area (Å²) >= 11 is 0.